The molecule has 0 saturated heterocycles. The van der Waals surface area contributed by atoms with Gasteiger partial charge in [-0.3, -0.25) is 14.5 Å². The van der Waals surface area contributed by atoms with E-state index in [1.165, 1.54) is 30.3 Å². The monoisotopic (exact) mass is 380 g/mol. The number of hydrogen-bond acceptors (Lipinski definition) is 4. The smallest absolute Gasteiger partial charge is 0.278 e. The van der Waals surface area contributed by atoms with E-state index in [9.17, 15) is 14.0 Å². The summed E-state index contributed by atoms with van der Waals surface area (Å²) in [5.74, 6) is -0.611. The first-order valence-electron chi connectivity index (χ1n) is 8.91. The van der Waals surface area contributed by atoms with Crippen molar-refractivity contribution < 1.29 is 18.7 Å². The summed E-state index contributed by atoms with van der Waals surface area (Å²) >= 11 is 0. The van der Waals surface area contributed by atoms with Crippen LogP contribution in [-0.2, 0) is 9.59 Å². The number of imide groups is 1. The Labute approximate surface area is 163 Å². The number of ether oxygens (including phenoxy) is 1. The molecular weight excluding hydrogens is 359 g/mol. The first-order chi connectivity index (χ1) is 13.4. The van der Waals surface area contributed by atoms with Crippen molar-refractivity contribution in [1.29, 1.82) is 0 Å². The molecule has 1 N–H and O–H groups in total. The maximum atomic E-state index is 13.3. The Bertz CT molecular complexity index is 931. The quantitative estimate of drug-likeness (QED) is 0.583. The van der Waals surface area contributed by atoms with Crippen LogP contribution in [-0.4, -0.2) is 29.4 Å². The van der Waals surface area contributed by atoms with Crippen LogP contribution >= 0.6 is 0 Å². The third-order valence-corrected chi connectivity index (χ3v) is 4.11. The minimum absolute atomic E-state index is 0.0492. The Morgan fingerprint density at radius 1 is 1.07 bits per heavy atom. The van der Waals surface area contributed by atoms with Crippen molar-refractivity contribution in [1.82, 2.24) is 4.90 Å². The number of benzene rings is 2. The van der Waals surface area contributed by atoms with E-state index in [0.29, 0.717) is 17.0 Å². The molecule has 28 heavy (non-hydrogen) atoms. The second kappa shape index (κ2) is 8.08. The zero-order valence-corrected chi connectivity index (χ0v) is 15.7. The maximum absolute atomic E-state index is 13.3. The van der Waals surface area contributed by atoms with E-state index in [-0.39, 0.29) is 23.9 Å². The number of carbonyl (C=O) groups is 2. The lowest BCUT2D eigenvalue weighted by atomic mass is 10.0. The maximum Gasteiger partial charge on any atom is 0.278 e. The molecule has 0 aliphatic carbocycles. The normalized spacial score (nSPS) is 14.1. The lowest BCUT2D eigenvalue weighted by Gasteiger charge is -2.13. The van der Waals surface area contributed by atoms with Crippen LogP contribution < -0.4 is 10.1 Å². The predicted octanol–water partition coefficient (Wildman–Crippen LogP) is 3.99. The van der Waals surface area contributed by atoms with Crippen molar-refractivity contribution in [2.75, 3.05) is 11.9 Å². The van der Waals surface area contributed by atoms with Crippen LogP contribution in [0.25, 0.3) is 5.57 Å². The van der Waals surface area contributed by atoms with Gasteiger partial charge in [-0.2, -0.15) is 0 Å². The van der Waals surface area contributed by atoms with Crippen molar-refractivity contribution in [3.8, 4) is 5.75 Å². The van der Waals surface area contributed by atoms with Gasteiger partial charge in [0.15, 0.2) is 0 Å². The SMILES string of the molecule is C=CCN1C(=O)C(Nc2ccc(OC(C)C)cc2)=C(c2ccc(F)cc2)C1=O. The lowest BCUT2D eigenvalue weighted by Crippen LogP contribution is -2.32. The minimum Gasteiger partial charge on any atom is -0.491 e. The highest BCUT2D eigenvalue weighted by atomic mass is 19.1. The van der Waals surface area contributed by atoms with Crippen molar-refractivity contribution in [3.05, 3.63) is 78.3 Å². The van der Waals surface area contributed by atoms with Crippen molar-refractivity contribution >= 4 is 23.1 Å². The van der Waals surface area contributed by atoms with Crippen molar-refractivity contribution in [2.45, 2.75) is 20.0 Å². The molecule has 1 heterocycles. The molecule has 0 unspecified atom stereocenters. The third kappa shape index (κ3) is 3.96. The molecule has 3 rings (SSSR count). The highest BCUT2D eigenvalue weighted by Crippen LogP contribution is 2.31. The average Bonchev–Trinajstić information content (AvgIpc) is 2.88. The van der Waals surface area contributed by atoms with Gasteiger partial charge in [0.25, 0.3) is 11.8 Å². The largest absolute Gasteiger partial charge is 0.491 e. The Morgan fingerprint density at radius 2 is 1.71 bits per heavy atom. The highest BCUT2D eigenvalue weighted by molar-refractivity contribution is 6.36. The lowest BCUT2D eigenvalue weighted by molar-refractivity contribution is -0.136. The third-order valence-electron chi connectivity index (χ3n) is 4.11. The topological polar surface area (TPSA) is 58.6 Å². The summed E-state index contributed by atoms with van der Waals surface area (Å²) in [6, 6.07) is 12.6. The zero-order valence-electron chi connectivity index (χ0n) is 15.7. The molecule has 5 nitrogen and oxygen atoms in total. The van der Waals surface area contributed by atoms with E-state index in [4.69, 9.17) is 4.74 Å². The number of rotatable bonds is 7. The van der Waals surface area contributed by atoms with Gasteiger partial charge in [-0.1, -0.05) is 18.2 Å². The summed E-state index contributed by atoms with van der Waals surface area (Å²) in [5, 5.41) is 3.04. The Morgan fingerprint density at radius 3 is 2.29 bits per heavy atom. The Hall–Kier alpha value is -3.41. The van der Waals surface area contributed by atoms with E-state index in [1.54, 1.807) is 24.3 Å². The summed E-state index contributed by atoms with van der Waals surface area (Å²) in [4.78, 5) is 26.7. The summed E-state index contributed by atoms with van der Waals surface area (Å²) in [7, 11) is 0. The molecule has 0 radical (unpaired) electrons. The molecule has 0 bridgehead atoms. The standard InChI is InChI=1S/C22H21FN2O3/c1-4-13-25-21(26)19(15-5-7-16(23)8-6-15)20(22(25)27)24-17-9-11-18(12-10-17)28-14(2)3/h4-12,14,24H,1,13H2,2-3H3. The summed E-state index contributed by atoms with van der Waals surface area (Å²) < 4.78 is 18.9. The first kappa shape index (κ1) is 19.4. The molecule has 0 saturated carbocycles. The summed E-state index contributed by atoms with van der Waals surface area (Å²) in [6.45, 7) is 7.56. The summed E-state index contributed by atoms with van der Waals surface area (Å²) in [6.07, 6.45) is 1.53. The second-order valence-electron chi connectivity index (χ2n) is 6.58. The molecule has 2 aromatic rings. The predicted molar refractivity (Wildman–Crippen MR) is 106 cm³/mol. The van der Waals surface area contributed by atoms with Crippen molar-refractivity contribution in [2.24, 2.45) is 0 Å². The van der Waals surface area contributed by atoms with Crippen LogP contribution in [0.5, 0.6) is 5.75 Å². The molecular formula is C22H21FN2O3. The van der Waals surface area contributed by atoms with Crippen LogP contribution in [0.3, 0.4) is 0 Å². The molecule has 6 heteroatoms. The van der Waals surface area contributed by atoms with Crippen molar-refractivity contribution in [3.63, 3.8) is 0 Å². The van der Waals surface area contributed by atoms with Crippen LogP contribution in [0.2, 0.25) is 0 Å². The van der Waals surface area contributed by atoms with Gasteiger partial charge in [0.1, 0.15) is 17.3 Å². The number of carbonyl (C=O) groups excluding carboxylic acids is 2. The van der Waals surface area contributed by atoms with Crippen LogP contribution in [0, 0.1) is 5.82 Å². The number of hydrogen-bond donors (Lipinski definition) is 1. The minimum atomic E-state index is -0.452. The summed E-state index contributed by atoms with van der Waals surface area (Å²) in [5.41, 5.74) is 1.45. The van der Waals surface area contributed by atoms with E-state index in [1.807, 2.05) is 13.8 Å². The number of anilines is 1. The van der Waals surface area contributed by atoms with Gasteiger partial charge < -0.3 is 10.1 Å². The second-order valence-corrected chi connectivity index (χ2v) is 6.58. The van der Waals surface area contributed by atoms with Gasteiger partial charge in [-0.15, -0.1) is 6.58 Å². The van der Waals surface area contributed by atoms with Crippen LogP contribution in [0.4, 0.5) is 10.1 Å². The molecule has 2 amide bonds. The molecule has 0 fully saturated rings. The molecule has 1 aliphatic rings. The molecule has 144 valence electrons. The highest BCUT2D eigenvalue weighted by Gasteiger charge is 2.38. The van der Waals surface area contributed by atoms with E-state index in [0.717, 1.165) is 4.90 Å². The Balaban J connectivity index is 1.97. The van der Waals surface area contributed by atoms with Gasteiger partial charge in [-0.25, -0.2) is 4.39 Å². The molecule has 0 aromatic heterocycles. The van der Waals surface area contributed by atoms with Gasteiger partial charge in [0.05, 0.1) is 11.7 Å². The van der Waals surface area contributed by atoms with Gasteiger partial charge >= 0.3 is 0 Å². The molecule has 1 aliphatic heterocycles. The fourth-order valence-corrected chi connectivity index (χ4v) is 2.90. The van der Waals surface area contributed by atoms with Gasteiger partial charge in [0.2, 0.25) is 0 Å². The van der Waals surface area contributed by atoms with Crippen LogP contribution in [0.15, 0.2) is 66.9 Å². The number of halogens is 1. The number of amides is 2. The average molecular weight is 380 g/mol. The van der Waals surface area contributed by atoms with Gasteiger partial charge in [-0.05, 0) is 55.8 Å². The molecule has 2 aromatic carbocycles. The van der Waals surface area contributed by atoms with E-state index >= 15 is 0 Å². The zero-order chi connectivity index (χ0) is 20.3. The number of nitrogens with zero attached hydrogens (tertiary/aromatic N) is 1. The Kier molecular flexibility index (Phi) is 5.59. The van der Waals surface area contributed by atoms with Crippen LogP contribution in [0.1, 0.15) is 19.4 Å². The fourth-order valence-electron chi connectivity index (χ4n) is 2.90. The van der Waals surface area contributed by atoms with Gasteiger partial charge in [0, 0.05) is 12.2 Å². The fraction of sp³-hybridized carbons (Fsp3) is 0.182. The first-order valence-corrected chi connectivity index (χ1v) is 8.91. The molecule has 0 spiro atoms. The number of nitrogens with one attached hydrogen (secondary N) is 1. The molecule has 0 atom stereocenters. The van der Waals surface area contributed by atoms with E-state index in [2.05, 4.69) is 11.9 Å². The van der Waals surface area contributed by atoms with E-state index < -0.39 is 17.6 Å².